The molecule has 0 unspecified atom stereocenters. The normalized spacial score (nSPS) is 11.4. The van der Waals surface area contributed by atoms with Crippen molar-refractivity contribution < 1.29 is 9.15 Å². The second kappa shape index (κ2) is 4.51. The van der Waals surface area contributed by atoms with Crippen LogP contribution >= 0.6 is 11.8 Å². The Hall–Kier alpha value is -1.72. The van der Waals surface area contributed by atoms with Crippen molar-refractivity contribution in [1.29, 1.82) is 0 Å². The van der Waals surface area contributed by atoms with E-state index in [0.717, 1.165) is 27.6 Å². The van der Waals surface area contributed by atoms with E-state index in [9.17, 15) is 0 Å². The Kier molecular flexibility index (Phi) is 2.85. The van der Waals surface area contributed by atoms with Crippen LogP contribution in [0.2, 0.25) is 0 Å². The van der Waals surface area contributed by atoms with Crippen molar-refractivity contribution >= 4 is 39.3 Å². The van der Waals surface area contributed by atoms with E-state index in [2.05, 4.69) is 4.98 Å². The van der Waals surface area contributed by atoms with Crippen LogP contribution in [0.4, 0.5) is 5.69 Å². The number of nitrogen functional groups attached to an aromatic ring is 1. The molecule has 2 N–H and O–H groups in total. The zero-order valence-corrected chi connectivity index (χ0v) is 10.7. The van der Waals surface area contributed by atoms with Gasteiger partial charge in [-0.15, -0.1) is 0 Å². The van der Waals surface area contributed by atoms with E-state index in [0.29, 0.717) is 11.2 Å². The summed E-state index contributed by atoms with van der Waals surface area (Å²) in [6.07, 6.45) is 0. The zero-order chi connectivity index (χ0) is 12.5. The van der Waals surface area contributed by atoms with E-state index in [-0.39, 0.29) is 0 Å². The number of anilines is 1. The third kappa shape index (κ3) is 1.81. The van der Waals surface area contributed by atoms with Crippen LogP contribution in [-0.2, 0) is 4.74 Å². The maximum absolute atomic E-state index is 6.02. The quantitative estimate of drug-likeness (QED) is 0.445. The number of oxazole rings is 1. The number of benzene rings is 2. The third-order valence-corrected chi connectivity index (χ3v) is 3.48. The van der Waals surface area contributed by atoms with Gasteiger partial charge in [-0.05, 0) is 17.8 Å². The minimum atomic E-state index is 0.514. The lowest BCUT2D eigenvalue weighted by molar-refractivity contribution is 0.257. The summed E-state index contributed by atoms with van der Waals surface area (Å²) in [5.74, 6) is 0.514. The standard InChI is InChI=1S/C13H12N2O2S/c1-16-7-18-13-15-11-6-10(14)8-4-2-3-5-9(8)12(11)17-13/h2-6H,7,14H2,1H3. The van der Waals surface area contributed by atoms with Gasteiger partial charge >= 0.3 is 0 Å². The summed E-state index contributed by atoms with van der Waals surface area (Å²) in [6, 6.07) is 9.74. The molecule has 0 aliphatic heterocycles. The fourth-order valence-electron chi connectivity index (χ4n) is 1.93. The average molecular weight is 260 g/mol. The molecule has 0 radical (unpaired) electrons. The number of methoxy groups -OCH3 is 1. The van der Waals surface area contributed by atoms with Gasteiger partial charge in [0.1, 0.15) is 11.5 Å². The second-order valence-corrected chi connectivity index (χ2v) is 4.76. The van der Waals surface area contributed by atoms with Crippen LogP contribution in [0.25, 0.3) is 21.9 Å². The lowest BCUT2D eigenvalue weighted by atomic mass is 10.1. The molecule has 4 nitrogen and oxygen atoms in total. The van der Waals surface area contributed by atoms with Gasteiger partial charge in [-0.2, -0.15) is 0 Å². The lowest BCUT2D eigenvalue weighted by Crippen LogP contribution is -1.87. The molecule has 0 amide bonds. The molecule has 5 heteroatoms. The molecule has 0 fully saturated rings. The monoisotopic (exact) mass is 260 g/mol. The molecule has 0 saturated carbocycles. The molecule has 0 aliphatic rings. The third-order valence-electron chi connectivity index (χ3n) is 2.71. The van der Waals surface area contributed by atoms with Crippen LogP contribution in [0.5, 0.6) is 0 Å². The molecule has 3 rings (SSSR count). The van der Waals surface area contributed by atoms with Crippen molar-refractivity contribution in [3.05, 3.63) is 30.3 Å². The van der Waals surface area contributed by atoms with Crippen molar-refractivity contribution in [1.82, 2.24) is 4.98 Å². The van der Waals surface area contributed by atoms with Crippen LogP contribution in [-0.4, -0.2) is 18.0 Å². The first-order chi connectivity index (χ1) is 8.79. The van der Waals surface area contributed by atoms with Gasteiger partial charge in [0, 0.05) is 23.6 Å². The highest BCUT2D eigenvalue weighted by Gasteiger charge is 2.11. The Morgan fingerprint density at radius 2 is 2.11 bits per heavy atom. The van der Waals surface area contributed by atoms with Crippen LogP contribution in [0.3, 0.4) is 0 Å². The number of nitrogens with two attached hydrogens (primary N) is 1. The number of nitrogens with zero attached hydrogens (tertiary/aromatic N) is 1. The largest absolute Gasteiger partial charge is 0.431 e. The van der Waals surface area contributed by atoms with Crippen LogP contribution in [0, 0.1) is 0 Å². The first-order valence-corrected chi connectivity index (χ1v) is 6.47. The smallest absolute Gasteiger partial charge is 0.259 e. The molecule has 18 heavy (non-hydrogen) atoms. The van der Waals surface area contributed by atoms with Gasteiger partial charge in [0.25, 0.3) is 5.22 Å². The number of thioether (sulfide) groups is 1. The lowest BCUT2D eigenvalue weighted by Gasteiger charge is -2.00. The molecule has 2 aromatic carbocycles. The molecular formula is C13H12N2O2S. The van der Waals surface area contributed by atoms with Crippen molar-refractivity contribution in [2.45, 2.75) is 5.22 Å². The van der Waals surface area contributed by atoms with Gasteiger partial charge < -0.3 is 14.9 Å². The number of rotatable bonds is 3. The van der Waals surface area contributed by atoms with Crippen molar-refractivity contribution in [3.8, 4) is 0 Å². The highest BCUT2D eigenvalue weighted by molar-refractivity contribution is 7.98. The van der Waals surface area contributed by atoms with E-state index >= 15 is 0 Å². The molecule has 0 aliphatic carbocycles. The summed E-state index contributed by atoms with van der Waals surface area (Å²) in [5, 5.41) is 2.58. The molecule has 1 heterocycles. The van der Waals surface area contributed by atoms with Gasteiger partial charge in [-0.25, -0.2) is 4.98 Å². The Morgan fingerprint density at radius 3 is 2.89 bits per heavy atom. The van der Waals surface area contributed by atoms with Crippen molar-refractivity contribution in [3.63, 3.8) is 0 Å². The topological polar surface area (TPSA) is 61.3 Å². The van der Waals surface area contributed by atoms with Gasteiger partial charge in [-0.1, -0.05) is 24.3 Å². The van der Waals surface area contributed by atoms with Crippen LogP contribution < -0.4 is 5.73 Å². The summed E-state index contributed by atoms with van der Waals surface area (Å²) in [7, 11) is 1.64. The summed E-state index contributed by atoms with van der Waals surface area (Å²) in [5.41, 5.74) is 8.29. The summed E-state index contributed by atoms with van der Waals surface area (Å²) >= 11 is 1.42. The van der Waals surface area contributed by atoms with E-state index in [1.165, 1.54) is 11.8 Å². The van der Waals surface area contributed by atoms with Gasteiger partial charge in [-0.3, -0.25) is 0 Å². The maximum Gasteiger partial charge on any atom is 0.259 e. The molecule has 92 valence electrons. The summed E-state index contributed by atoms with van der Waals surface area (Å²) in [6.45, 7) is 0. The highest BCUT2D eigenvalue weighted by atomic mass is 32.2. The van der Waals surface area contributed by atoms with Gasteiger partial charge in [0.2, 0.25) is 0 Å². The first-order valence-electron chi connectivity index (χ1n) is 5.49. The number of hydrogen-bond donors (Lipinski definition) is 1. The van der Waals surface area contributed by atoms with Gasteiger partial charge in [0.15, 0.2) is 5.58 Å². The zero-order valence-electron chi connectivity index (χ0n) is 9.84. The van der Waals surface area contributed by atoms with E-state index in [4.69, 9.17) is 14.9 Å². The molecule has 0 bridgehead atoms. The predicted molar refractivity (Wildman–Crippen MR) is 73.7 cm³/mol. The molecule has 0 atom stereocenters. The molecular weight excluding hydrogens is 248 g/mol. The minimum absolute atomic E-state index is 0.514. The maximum atomic E-state index is 6.02. The molecule has 3 aromatic rings. The van der Waals surface area contributed by atoms with E-state index < -0.39 is 0 Å². The number of hydrogen-bond acceptors (Lipinski definition) is 5. The van der Waals surface area contributed by atoms with Gasteiger partial charge in [0.05, 0.1) is 0 Å². The SMILES string of the molecule is COCSc1nc2cc(N)c3ccccc3c2o1. The fourth-order valence-corrected chi connectivity index (χ4v) is 2.46. The Bertz CT molecular complexity index is 709. The first kappa shape index (κ1) is 11.4. The molecule has 0 saturated heterocycles. The predicted octanol–water partition coefficient (Wildman–Crippen LogP) is 3.26. The van der Waals surface area contributed by atoms with Crippen molar-refractivity contribution in [2.75, 3.05) is 18.8 Å². The number of aromatic nitrogens is 1. The van der Waals surface area contributed by atoms with E-state index in [1.54, 1.807) is 7.11 Å². The Labute approximate surface area is 108 Å². The van der Waals surface area contributed by atoms with Crippen molar-refractivity contribution in [2.24, 2.45) is 0 Å². The fraction of sp³-hybridized carbons (Fsp3) is 0.154. The summed E-state index contributed by atoms with van der Waals surface area (Å²) in [4.78, 5) is 4.40. The number of fused-ring (bicyclic) bond motifs is 3. The van der Waals surface area contributed by atoms with Crippen LogP contribution in [0.1, 0.15) is 0 Å². The number of ether oxygens (including phenoxy) is 1. The Morgan fingerprint density at radius 1 is 1.33 bits per heavy atom. The molecule has 1 aromatic heterocycles. The summed E-state index contributed by atoms with van der Waals surface area (Å²) < 4.78 is 10.7. The van der Waals surface area contributed by atoms with E-state index in [1.807, 2.05) is 30.3 Å². The average Bonchev–Trinajstić information content (AvgIpc) is 2.80. The Balaban J connectivity index is 2.23. The minimum Gasteiger partial charge on any atom is -0.431 e. The second-order valence-electron chi connectivity index (χ2n) is 3.89. The van der Waals surface area contributed by atoms with Crippen LogP contribution in [0.15, 0.2) is 40.0 Å². The molecule has 0 spiro atoms. The highest BCUT2D eigenvalue weighted by Crippen LogP contribution is 2.32.